The lowest BCUT2D eigenvalue weighted by molar-refractivity contribution is -0.0662. The van der Waals surface area contributed by atoms with Crippen LogP contribution >= 0.6 is 0 Å². The number of benzene rings is 1. The van der Waals surface area contributed by atoms with Gasteiger partial charge in [-0.05, 0) is 37.3 Å². The van der Waals surface area contributed by atoms with E-state index in [1.165, 1.54) is 12.1 Å². The third-order valence-corrected chi connectivity index (χ3v) is 6.14. The van der Waals surface area contributed by atoms with Crippen molar-refractivity contribution in [2.24, 2.45) is 18.9 Å². The summed E-state index contributed by atoms with van der Waals surface area (Å²) in [5.74, 6) is 1.60. The molecule has 5 nitrogen and oxygen atoms in total. The molecule has 5 heteroatoms. The fourth-order valence-corrected chi connectivity index (χ4v) is 4.86. The van der Waals surface area contributed by atoms with Gasteiger partial charge in [-0.15, -0.1) is 0 Å². The number of fused-ring (bicyclic) bond motifs is 1. The summed E-state index contributed by atoms with van der Waals surface area (Å²) in [6.45, 7) is 2.86. The molecule has 0 spiro atoms. The maximum atomic E-state index is 11.7. The highest BCUT2D eigenvalue weighted by Crippen LogP contribution is 2.50. The lowest BCUT2D eigenvalue weighted by Crippen LogP contribution is -2.43. The number of ether oxygens (including phenoxy) is 1. The minimum atomic E-state index is -0.795. The average molecular weight is 341 g/mol. The molecule has 0 radical (unpaired) electrons. The predicted molar refractivity (Wildman–Crippen MR) is 96.2 cm³/mol. The molecule has 1 aromatic carbocycles. The number of aryl methyl sites for hydroxylation is 1. The molecular formula is C20H27N3O2. The summed E-state index contributed by atoms with van der Waals surface area (Å²) in [6.07, 6.45) is 4.93. The van der Waals surface area contributed by atoms with E-state index in [1.807, 2.05) is 42.2 Å². The zero-order valence-electron chi connectivity index (χ0n) is 15.1. The topological polar surface area (TPSA) is 50.5 Å². The minimum absolute atomic E-state index is 0.255. The van der Waals surface area contributed by atoms with Crippen molar-refractivity contribution in [3.8, 4) is 5.75 Å². The Hall–Kier alpha value is -1.85. The van der Waals surface area contributed by atoms with E-state index in [2.05, 4.69) is 16.1 Å². The van der Waals surface area contributed by atoms with Crippen molar-refractivity contribution in [1.82, 2.24) is 14.7 Å². The first-order chi connectivity index (χ1) is 12.1. The summed E-state index contributed by atoms with van der Waals surface area (Å²) in [5.41, 5.74) is 1.38. The van der Waals surface area contributed by atoms with Gasteiger partial charge < -0.3 is 9.84 Å². The average Bonchev–Trinajstić information content (AvgIpc) is 3.22. The molecule has 2 aromatic rings. The van der Waals surface area contributed by atoms with Gasteiger partial charge in [0.05, 0.1) is 18.4 Å². The van der Waals surface area contributed by atoms with Gasteiger partial charge >= 0.3 is 0 Å². The molecule has 1 N–H and O–H groups in total. The molecule has 2 heterocycles. The van der Waals surface area contributed by atoms with Crippen LogP contribution in [0.5, 0.6) is 5.75 Å². The fourth-order valence-electron chi connectivity index (χ4n) is 4.86. The molecule has 1 saturated heterocycles. The number of aromatic nitrogens is 2. The third kappa shape index (κ3) is 2.85. The largest absolute Gasteiger partial charge is 0.496 e. The Balaban J connectivity index is 1.60. The second-order valence-electron chi connectivity index (χ2n) is 7.52. The molecule has 1 aliphatic heterocycles. The maximum Gasteiger partial charge on any atom is 0.124 e. The van der Waals surface area contributed by atoms with Gasteiger partial charge in [-0.1, -0.05) is 18.2 Å². The Bertz CT molecular complexity index is 744. The van der Waals surface area contributed by atoms with E-state index >= 15 is 0 Å². The molecule has 1 saturated carbocycles. The van der Waals surface area contributed by atoms with Gasteiger partial charge in [0.25, 0.3) is 0 Å². The molecule has 1 aromatic heterocycles. The maximum absolute atomic E-state index is 11.7. The van der Waals surface area contributed by atoms with Crippen LogP contribution in [0.1, 0.15) is 30.5 Å². The number of aliphatic hydroxyl groups is 1. The van der Waals surface area contributed by atoms with E-state index < -0.39 is 5.60 Å². The zero-order valence-corrected chi connectivity index (χ0v) is 15.1. The molecule has 0 bridgehead atoms. The first-order valence-corrected chi connectivity index (χ1v) is 9.17. The zero-order chi connectivity index (χ0) is 17.4. The van der Waals surface area contributed by atoms with Crippen LogP contribution < -0.4 is 4.74 Å². The quantitative estimate of drug-likeness (QED) is 0.928. The molecule has 25 heavy (non-hydrogen) atoms. The van der Waals surface area contributed by atoms with Crippen molar-refractivity contribution in [1.29, 1.82) is 0 Å². The number of para-hydroxylation sites is 1. The fraction of sp³-hybridized carbons (Fsp3) is 0.550. The number of rotatable bonds is 4. The molecule has 0 amide bonds. The van der Waals surface area contributed by atoms with Crippen LogP contribution in [-0.4, -0.2) is 40.0 Å². The van der Waals surface area contributed by atoms with E-state index in [0.717, 1.165) is 43.8 Å². The van der Waals surface area contributed by atoms with Gasteiger partial charge in [-0.25, -0.2) is 0 Å². The molecule has 2 fully saturated rings. The Morgan fingerprint density at radius 3 is 2.88 bits per heavy atom. The summed E-state index contributed by atoms with van der Waals surface area (Å²) >= 11 is 0. The second kappa shape index (κ2) is 6.46. The molecule has 3 atom stereocenters. The van der Waals surface area contributed by atoms with Crippen LogP contribution in [0.2, 0.25) is 0 Å². The molecule has 2 aliphatic rings. The van der Waals surface area contributed by atoms with E-state index in [4.69, 9.17) is 4.74 Å². The third-order valence-electron chi connectivity index (χ3n) is 6.14. The van der Waals surface area contributed by atoms with Crippen molar-refractivity contribution in [2.45, 2.75) is 31.4 Å². The van der Waals surface area contributed by atoms with Gasteiger partial charge in [0.1, 0.15) is 5.75 Å². The summed E-state index contributed by atoms with van der Waals surface area (Å²) in [4.78, 5) is 2.47. The number of hydrogen-bond donors (Lipinski definition) is 1. The molecule has 4 rings (SSSR count). The second-order valence-corrected chi connectivity index (χ2v) is 7.52. The number of likely N-dealkylation sites (tertiary alicyclic amines) is 1. The highest BCUT2D eigenvalue weighted by atomic mass is 16.5. The number of methoxy groups -OCH3 is 1. The first kappa shape index (κ1) is 16.6. The Labute approximate surface area is 149 Å². The van der Waals surface area contributed by atoms with Crippen molar-refractivity contribution >= 4 is 0 Å². The van der Waals surface area contributed by atoms with Gasteiger partial charge in [0, 0.05) is 44.4 Å². The highest BCUT2D eigenvalue weighted by molar-refractivity contribution is 5.39. The lowest BCUT2D eigenvalue weighted by atomic mass is 9.67. The van der Waals surface area contributed by atoms with E-state index in [-0.39, 0.29) is 5.92 Å². The molecular weight excluding hydrogens is 314 g/mol. The van der Waals surface area contributed by atoms with Crippen LogP contribution in [0.3, 0.4) is 0 Å². The Morgan fingerprint density at radius 2 is 2.12 bits per heavy atom. The van der Waals surface area contributed by atoms with Crippen molar-refractivity contribution in [2.75, 3.05) is 20.2 Å². The monoisotopic (exact) mass is 341 g/mol. The van der Waals surface area contributed by atoms with Crippen LogP contribution in [0.25, 0.3) is 0 Å². The Kier molecular flexibility index (Phi) is 4.29. The smallest absolute Gasteiger partial charge is 0.124 e. The first-order valence-electron chi connectivity index (χ1n) is 9.17. The van der Waals surface area contributed by atoms with Gasteiger partial charge in [0.15, 0.2) is 0 Å². The van der Waals surface area contributed by atoms with Crippen LogP contribution in [-0.2, 0) is 19.2 Å². The van der Waals surface area contributed by atoms with Gasteiger partial charge in [-0.2, -0.15) is 5.10 Å². The van der Waals surface area contributed by atoms with E-state index in [9.17, 15) is 5.11 Å². The van der Waals surface area contributed by atoms with Crippen molar-refractivity contribution < 1.29 is 9.84 Å². The predicted octanol–water partition coefficient (Wildman–Crippen LogP) is 2.55. The standard InChI is InChI=1S/C20H27N3O2/c1-22-16(9-11-21-22)13-23-12-15-6-5-10-20(24,18(15)14-23)17-7-3-4-8-19(17)25-2/h3-4,7-9,11,15,18,24H,5-6,10,12-14H2,1-2H3/t15-,18-,20-/m1/s1. The van der Waals surface area contributed by atoms with E-state index in [1.54, 1.807) is 7.11 Å². The SMILES string of the molecule is COc1ccccc1[C@]1(O)CCC[C@@H]2CN(Cc3ccnn3C)C[C@H]21. The van der Waals surface area contributed by atoms with Crippen molar-refractivity contribution in [3.63, 3.8) is 0 Å². The summed E-state index contributed by atoms with van der Waals surface area (Å²) in [5, 5.41) is 16.0. The summed E-state index contributed by atoms with van der Waals surface area (Å²) < 4.78 is 7.49. The van der Waals surface area contributed by atoms with Gasteiger partial charge in [-0.3, -0.25) is 9.58 Å². The highest BCUT2D eigenvalue weighted by Gasteiger charge is 2.50. The Morgan fingerprint density at radius 1 is 1.28 bits per heavy atom. The van der Waals surface area contributed by atoms with Crippen LogP contribution in [0.4, 0.5) is 0 Å². The van der Waals surface area contributed by atoms with Crippen LogP contribution in [0, 0.1) is 11.8 Å². The van der Waals surface area contributed by atoms with Crippen LogP contribution in [0.15, 0.2) is 36.5 Å². The number of nitrogens with zero attached hydrogens (tertiary/aromatic N) is 3. The molecule has 0 unspecified atom stereocenters. The minimum Gasteiger partial charge on any atom is -0.496 e. The molecule has 1 aliphatic carbocycles. The van der Waals surface area contributed by atoms with Crippen molar-refractivity contribution in [3.05, 3.63) is 47.8 Å². The normalized spacial score (nSPS) is 29.6. The number of hydrogen-bond acceptors (Lipinski definition) is 4. The van der Waals surface area contributed by atoms with Gasteiger partial charge in [0.2, 0.25) is 0 Å². The van der Waals surface area contributed by atoms with E-state index in [0.29, 0.717) is 5.92 Å². The lowest BCUT2D eigenvalue weighted by Gasteiger charge is -2.42. The summed E-state index contributed by atoms with van der Waals surface area (Å²) in [7, 11) is 3.68. The molecule has 134 valence electrons. The summed E-state index contributed by atoms with van der Waals surface area (Å²) in [6, 6.07) is 10.0.